The van der Waals surface area contributed by atoms with Crippen molar-refractivity contribution >= 4 is 23.8 Å². The zero-order valence-corrected chi connectivity index (χ0v) is 26.0. The van der Waals surface area contributed by atoms with E-state index in [0.29, 0.717) is 87.5 Å². The van der Waals surface area contributed by atoms with Gasteiger partial charge >= 0.3 is 0 Å². The summed E-state index contributed by atoms with van der Waals surface area (Å²) in [5, 5.41) is 12.6. The SMILES string of the molecule is COc1cc(CNc2nc(NCCOCCOCCNC(=O)c3ccccc3)nc(NCc3ccc(C)cc3)n2)cc(OC)c1. The van der Waals surface area contributed by atoms with Gasteiger partial charge in [0, 0.05) is 37.8 Å². The number of aryl methyl sites for hydroxylation is 1. The van der Waals surface area contributed by atoms with Crippen molar-refractivity contribution in [3.8, 4) is 11.5 Å². The Morgan fingerprint density at radius 3 is 1.80 bits per heavy atom. The number of hydrogen-bond donors (Lipinski definition) is 4. The van der Waals surface area contributed by atoms with E-state index in [-0.39, 0.29) is 5.91 Å². The van der Waals surface area contributed by atoms with Crippen LogP contribution in [0.5, 0.6) is 11.5 Å². The zero-order chi connectivity index (χ0) is 31.7. The second kappa shape index (κ2) is 18.0. The second-order valence-electron chi connectivity index (χ2n) is 9.99. The molecule has 12 heteroatoms. The highest BCUT2D eigenvalue weighted by molar-refractivity contribution is 5.94. The van der Waals surface area contributed by atoms with Crippen LogP contribution in [0.1, 0.15) is 27.0 Å². The van der Waals surface area contributed by atoms with E-state index in [1.807, 2.05) is 36.4 Å². The Labute approximate surface area is 263 Å². The molecule has 1 heterocycles. The van der Waals surface area contributed by atoms with E-state index in [1.165, 1.54) is 5.56 Å². The summed E-state index contributed by atoms with van der Waals surface area (Å²) in [5.41, 5.74) is 3.89. The molecule has 4 N–H and O–H groups in total. The standard InChI is InChI=1S/C33H41N7O5/c1-24-9-11-25(12-10-24)22-36-32-38-31(39-33(40-32)37-23-26-19-28(42-2)21-29(20-26)43-3)35-14-16-45-18-17-44-15-13-34-30(41)27-7-5-4-6-8-27/h4-12,19-21H,13-18,22-23H2,1-3H3,(H,34,41)(H3,35,36,37,38,39,40). The summed E-state index contributed by atoms with van der Waals surface area (Å²) < 4.78 is 22.0. The Balaban J connectivity index is 1.23. The van der Waals surface area contributed by atoms with Gasteiger partial charge in [-0.25, -0.2) is 0 Å². The number of methoxy groups -OCH3 is 2. The molecule has 0 aliphatic rings. The van der Waals surface area contributed by atoms with Crippen molar-refractivity contribution in [3.63, 3.8) is 0 Å². The third-order valence-corrected chi connectivity index (χ3v) is 6.54. The summed E-state index contributed by atoms with van der Waals surface area (Å²) >= 11 is 0. The van der Waals surface area contributed by atoms with Crippen molar-refractivity contribution in [1.82, 2.24) is 20.3 Å². The van der Waals surface area contributed by atoms with Crippen molar-refractivity contribution in [3.05, 3.63) is 95.1 Å². The van der Waals surface area contributed by atoms with Gasteiger partial charge in [-0.1, -0.05) is 48.0 Å². The van der Waals surface area contributed by atoms with E-state index >= 15 is 0 Å². The summed E-state index contributed by atoms with van der Waals surface area (Å²) in [5.74, 6) is 2.54. The van der Waals surface area contributed by atoms with Gasteiger partial charge in [0.1, 0.15) is 11.5 Å². The molecule has 0 bridgehead atoms. The van der Waals surface area contributed by atoms with Crippen molar-refractivity contribution < 1.29 is 23.7 Å². The molecule has 238 valence electrons. The molecule has 0 unspecified atom stereocenters. The second-order valence-corrected chi connectivity index (χ2v) is 9.99. The van der Waals surface area contributed by atoms with Gasteiger partial charge in [-0.2, -0.15) is 15.0 Å². The average molecular weight is 616 g/mol. The molecule has 12 nitrogen and oxygen atoms in total. The third kappa shape index (κ3) is 11.6. The minimum Gasteiger partial charge on any atom is -0.497 e. The molecule has 1 aromatic heterocycles. The maximum Gasteiger partial charge on any atom is 0.251 e. The first kappa shape index (κ1) is 33.0. The van der Waals surface area contributed by atoms with Gasteiger partial charge in [0.2, 0.25) is 17.8 Å². The molecule has 4 aromatic rings. The summed E-state index contributed by atoms with van der Waals surface area (Å²) in [6.07, 6.45) is 0. The quantitative estimate of drug-likeness (QED) is 0.112. The summed E-state index contributed by atoms with van der Waals surface area (Å²) in [7, 11) is 3.24. The average Bonchev–Trinajstić information content (AvgIpc) is 3.08. The molecule has 0 fully saturated rings. The van der Waals surface area contributed by atoms with Crippen LogP contribution >= 0.6 is 0 Å². The minimum absolute atomic E-state index is 0.118. The van der Waals surface area contributed by atoms with Crippen molar-refractivity contribution in [2.75, 3.05) is 69.7 Å². The lowest BCUT2D eigenvalue weighted by atomic mass is 10.1. The molecule has 4 rings (SSSR count). The van der Waals surface area contributed by atoms with Crippen LogP contribution in [-0.2, 0) is 22.6 Å². The molecule has 3 aromatic carbocycles. The number of carbonyl (C=O) groups excluding carboxylic acids is 1. The maximum absolute atomic E-state index is 12.0. The number of anilines is 3. The first-order valence-corrected chi connectivity index (χ1v) is 14.8. The predicted octanol–water partition coefficient (Wildman–Crippen LogP) is 4.30. The van der Waals surface area contributed by atoms with Gasteiger partial charge in [-0.3, -0.25) is 4.79 Å². The van der Waals surface area contributed by atoms with Crippen molar-refractivity contribution in [2.24, 2.45) is 0 Å². The van der Waals surface area contributed by atoms with Crippen LogP contribution in [0.25, 0.3) is 0 Å². The molecule has 0 radical (unpaired) electrons. The fourth-order valence-corrected chi connectivity index (χ4v) is 4.13. The molecule has 0 aliphatic heterocycles. The Hall–Kier alpha value is -4.94. The van der Waals surface area contributed by atoms with Crippen LogP contribution in [0, 0.1) is 6.92 Å². The maximum atomic E-state index is 12.0. The molecule has 0 saturated carbocycles. The topological polar surface area (TPSA) is 141 Å². The number of rotatable bonds is 19. The lowest BCUT2D eigenvalue weighted by Gasteiger charge is -2.13. The van der Waals surface area contributed by atoms with E-state index in [4.69, 9.17) is 18.9 Å². The smallest absolute Gasteiger partial charge is 0.251 e. The van der Waals surface area contributed by atoms with E-state index in [0.717, 1.165) is 11.1 Å². The lowest BCUT2D eigenvalue weighted by molar-refractivity contribution is 0.0519. The van der Waals surface area contributed by atoms with E-state index in [1.54, 1.807) is 26.4 Å². The Kier molecular flexibility index (Phi) is 13.2. The largest absolute Gasteiger partial charge is 0.497 e. The van der Waals surface area contributed by atoms with Gasteiger partial charge in [0.15, 0.2) is 0 Å². The highest BCUT2D eigenvalue weighted by Crippen LogP contribution is 2.23. The van der Waals surface area contributed by atoms with Crippen molar-refractivity contribution in [1.29, 1.82) is 0 Å². The predicted molar refractivity (Wildman–Crippen MR) is 174 cm³/mol. The van der Waals surface area contributed by atoms with Gasteiger partial charge < -0.3 is 40.2 Å². The third-order valence-electron chi connectivity index (χ3n) is 6.54. The molecular weight excluding hydrogens is 574 g/mol. The van der Waals surface area contributed by atoms with Gasteiger partial charge in [0.05, 0.1) is 40.6 Å². The molecule has 45 heavy (non-hydrogen) atoms. The zero-order valence-electron chi connectivity index (χ0n) is 26.0. The first-order chi connectivity index (χ1) is 22.0. The van der Waals surface area contributed by atoms with Gasteiger partial charge in [0.25, 0.3) is 5.91 Å². The Bertz CT molecular complexity index is 1450. The fourth-order valence-electron chi connectivity index (χ4n) is 4.13. The van der Waals surface area contributed by atoms with Crippen LogP contribution in [0.3, 0.4) is 0 Å². The highest BCUT2D eigenvalue weighted by atomic mass is 16.5. The summed E-state index contributed by atoms with van der Waals surface area (Å²) in [6, 6.07) is 23.0. The molecular formula is C33H41N7O5. The fraction of sp³-hybridized carbons (Fsp3) is 0.333. The summed E-state index contributed by atoms with van der Waals surface area (Å²) in [4.78, 5) is 25.7. The monoisotopic (exact) mass is 615 g/mol. The number of benzene rings is 3. The van der Waals surface area contributed by atoms with E-state index in [9.17, 15) is 4.79 Å². The van der Waals surface area contributed by atoms with E-state index < -0.39 is 0 Å². The van der Waals surface area contributed by atoms with Crippen molar-refractivity contribution in [2.45, 2.75) is 20.0 Å². The Morgan fingerprint density at radius 2 is 1.20 bits per heavy atom. The minimum atomic E-state index is -0.118. The highest BCUT2D eigenvalue weighted by Gasteiger charge is 2.09. The van der Waals surface area contributed by atoms with Crippen LogP contribution in [0.15, 0.2) is 72.8 Å². The normalized spacial score (nSPS) is 10.6. The van der Waals surface area contributed by atoms with Gasteiger partial charge in [-0.15, -0.1) is 0 Å². The number of carbonyl (C=O) groups is 1. The number of nitrogens with zero attached hydrogens (tertiary/aromatic N) is 3. The number of aromatic nitrogens is 3. The molecule has 0 saturated heterocycles. The van der Waals surface area contributed by atoms with Crippen LogP contribution in [0.2, 0.25) is 0 Å². The Morgan fingerprint density at radius 1 is 0.644 bits per heavy atom. The van der Waals surface area contributed by atoms with Crippen LogP contribution in [0.4, 0.5) is 17.8 Å². The number of hydrogen-bond acceptors (Lipinski definition) is 11. The van der Waals surface area contributed by atoms with Crippen LogP contribution in [-0.4, -0.2) is 74.6 Å². The number of ether oxygens (including phenoxy) is 4. The summed E-state index contributed by atoms with van der Waals surface area (Å²) in [6.45, 7) is 5.66. The number of amides is 1. The lowest BCUT2D eigenvalue weighted by Crippen LogP contribution is -2.27. The number of nitrogens with one attached hydrogen (secondary N) is 4. The first-order valence-electron chi connectivity index (χ1n) is 14.8. The molecule has 0 atom stereocenters. The molecule has 0 spiro atoms. The van der Waals surface area contributed by atoms with E-state index in [2.05, 4.69) is 67.4 Å². The molecule has 1 amide bonds. The van der Waals surface area contributed by atoms with Gasteiger partial charge in [-0.05, 0) is 42.3 Å². The van der Waals surface area contributed by atoms with Crippen LogP contribution < -0.4 is 30.7 Å². The molecule has 0 aliphatic carbocycles.